The van der Waals surface area contributed by atoms with E-state index in [9.17, 15) is 0 Å². The topological polar surface area (TPSA) is 43.6 Å². The van der Waals surface area contributed by atoms with Gasteiger partial charge in [0.15, 0.2) is 0 Å². The predicted octanol–water partition coefficient (Wildman–Crippen LogP) is 8.33. The maximum Gasteiger partial charge on any atom is 0.138 e. The molecule has 36 heavy (non-hydrogen) atoms. The minimum atomic E-state index is 0.838. The molecule has 0 fully saturated rings. The molecule has 4 nitrogen and oxygen atoms in total. The van der Waals surface area contributed by atoms with Crippen LogP contribution in [0.1, 0.15) is 30.7 Å². The number of pyridine rings is 3. The number of benzene rings is 1. The van der Waals surface area contributed by atoms with Gasteiger partial charge < -0.3 is 0 Å². The van der Waals surface area contributed by atoms with E-state index in [0.29, 0.717) is 0 Å². The third-order valence-corrected chi connectivity index (χ3v) is 5.72. The maximum absolute atomic E-state index is 5.10. The Balaban J connectivity index is 0.000000967. The Kier molecular flexibility index (Phi) is 7.66. The van der Waals surface area contributed by atoms with Crippen molar-refractivity contribution >= 4 is 23.1 Å². The highest BCUT2D eigenvalue weighted by Crippen LogP contribution is 2.34. The van der Waals surface area contributed by atoms with E-state index in [0.717, 1.165) is 50.4 Å². The molecule has 0 amide bonds. The molecule has 0 aliphatic heterocycles. The molecule has 5 rings (SSSR count). The van der Waals surface area contributed by atoms with Gasteiger partial charge in [0.05, 0.1) is 16.9 Å². The summed E-state index contributed by atoms with van der Waals surface area (Å²) < 4.78 is 2.21. The van der Waals surface area contributed by atoms with Gasteiger partial charge in [-0.2, -0.15) is 0 Å². The Hall–Kier alpha value is -4.57. The largest absolute Gasteiger partial charge is 0.294 e. The average molecular weight is 471 g/mol. The minimum Gasteiger partial charge on any atom is -0.294 e. The van der Waals surface area contributed by atoms with Crippen molar-refractivity contribution in [1.29, 1.82) is 0 Å². The molecule has 0 saturated heterocycles. The van der Waals surface area contributed by atoms with E-state index < -0.39 is 0 Å². The summed E-state index contributed by atoms with van der Waals surface area (Å²) in [5.74, 6) is 0.838. The highest BCUT2D eigenvalue weighted by molar-refractivity contribution is 5.95. The average Bonchev–Trinajstić information content (AvgIpc) is 3.22. The van der Waals surface area contributed by atoms with Gasteiger partial charge in [-0.1, -0.05) is 42.5 Å². The second kappa shape index (κ2) is 11.2. The van der Waals surface area contributed by atoms with Crippen molar-refractivity contribution in [3.63, 3.8) is 0 Å². The Morgan fingerprint density at radius 2 is 1.53 bits per heavy atom. The summed E-state index contributed by atoms with van der Waals surface area (Å²) in [4.78, 5) is 13.7. The predicted molar refractivity (Wildman–Crippen MR) is 153 cm³/mol. The number of rotatable bonds is 5. The maximum atomic E-state index is 5.10. The smallest absolute Gasteiger partial charge is 0.138 e. The molecule has 0 aliphatic rings. The van der Waals surface area contributed by atoms with Crippen LogP contribution >= 0.6 is 0 Å². The van der Waals surface area contributed by atoms with E-state index in [1.165, 1.54) is 5.56 Å². The van der Waals surface area contributed by atoms with Gasteiger partial charge in [-0.25, -0.2) is 4.98 Å². The molecule has 0 unspecified atom stereocenters. The molecular formula is C32H30N4. The molecule has 0 aliphatic carbocycles. The lowest BCUT2D eigenvalue weighted by atomic mass is 10.1. The molecule has 5 aromatic rings. The van der Waals surface area contributed by atoms with Crippen LogP contribution in [0.15, 0.2) is 105 Å². The Bertz CT molecular complexity index is 1470. The molecule has 0 atom stereocenters. The first-order valence-corrected chi connectivity index (χ1v) is 11.9. The molecule has 0 saturated carbocycles. The van der Waals surface area contributed by atoms with Crippen molar-refractivity contribution in [2.24, 2.45) is 0 Å². The van der Waals surface area contributed by atoms with E-state index in [2.05, 4.69) is 83.2 Å². The molecule has 4 heterocycles. The number of nitrogens with zero attached hydrogens (tertiary/aromatic N) is 4. The summed E-state index contributed by atoms with van der Waals surface area (Å²) in [6, 6.07) is 18.7. The molecular weight excluding hydrogens is 440 g/mol. The van der Waals surface area contributed by atoms with Crippen molar-refractivity contribution < 1.29 is 0 Å². The number of allylic oxidation sites excluding steroid dienone is 2. The van der Waals surface area contributed by atoms with Crippen molar-refractivity contribution in [3.05, 3.63) is 122 Å². The lowest BCUT2D eigenvalue weighted by molar-refractivity contribution is 1.03. The summed E-state index contributed by atoms with van der Waals surface area (Å²) in [5.41, 5.74) is 8.37. The number of aromatic nitrogens is 4. The highest BCUT2D eigenvalue weighted by Gasteiger charge is 2.18. The normalized spacial score (nSPS) is 10.8. The Morgan fingerprint density at radius 3 is 2.14 bits per heavy atom. The van der Waals surface area contributed by atoms with Gasteiger partial charge in [0, 0.05) is 46.9 Å². The van der Waals surface area contributed by atoms with E-state index in [1.807, 2.05) is 50.5 Å². The lowest BCUT2D eigenvalue weighted by Gasteiger charge is -2.13. The van der Waals surface area contributed by atoms with Crippen LogP contribution in [0.3, 0.4) is 0 Å². The number of hydrogen-bond acceptors (Lipinski definition) is 3. The van der Waals surface area contributed by atoms with E-state index >= 15 is 0 Å². The summed E-state index contributed by atoms with van der Waals surface area (Å²) in [6.07, 6.45) is 15.1. The molecule has 4 heteroatoms. The van der Waals surface area contributed by atoms with Crippen LogP contribution in [0.2, 0.25) is 0 Å². The van der Waals surface area contributed by atoms with Crippen LogP contribution in [0.5, 0.6) is 0 Å². The van der Waals surface area contributed by atoms with Gasteiger partial charge in [-0.3, -0.25) is 14.5 Å². The monoisotopic (exact) mass is 470 g/mol. The molecule has 0 radical (unpaired) electrons. The summed E-state index contributed by atoms with van der Waals surface area (Å²) >= 11 is 0. The molecule has 0 N–H and O–H groups in total. The molecule has 0 spiro atoms. The molecule has 0 bridgehead atoms. The van der Waals surface area contributed by atoms with Gasteiger partial charge in [0.1, 0.15) is 5.82 Å². The van der Waals surface area contributed by atoms with Crippen molar-refractivity contribution in [3.8, 4) is 28.2 Å². The summed E-state index contributed by atoms with van der Waals surface area (Å²) in [5, 5.41) is 1.16. The molecule has 1 aromatic carbocycles. The van der Waals surface area contributed by atoms with Gasteiger partial charge >= 0.3 is 0 Å². The van der Waals surface area contributed by atoms with Crippen LogP contribution in [-0.4, -0.2) is 19.5 Å². The Morgan fingerprint density at radius 1 is 0.833 bits per heavy atom. The van der Waals surface area contributed by atoms with Crippen molar-refractivity contribution in [1.82, 2.24) is 19.5 Å². The second-order valence-electron chi connectivity index (χ2n) is 8.35. The van der Waals surface area contributed by atoms with Crippen molar-refractivity contribution in [2.45, 2.75) is 20.8 Å². The minimum absolute atomic E-state index is 0.838. The van der Waals surface area contributed by atoms with Crippen LogP contribution in [0.4, 0.5) is 0 Å². The number of hydrogen-bond donors (Lipinski definition) is 0. The van der Waals surface area contributed by atoms with Gasteiger partial charge in [0.25, 0.3) is 0 Å². The van der Waals surface area contributed by atoms with Gasteiger partial charge in [-0.15, -0.1) is 6.58 Å². The van der Waals surface area contributed by atoms with E-state index in [4.69, 9.17) is 4.98 Å². The quantitative estimate of drug-likeness (QED) is 0.243. The number of aryl methyl sites for hydroxylation is 1. The van der Waals surface area contributed by atoms with Crippen LogP contribution in [-0.2, 0) is 0 Å². The standard InChI is InChI=1S/C29H24N4.C3H6/c1-4-8-27-24(5-2)25-15-20(3)11-12-28(25)33(27)29-17-23(21-9-6-13-30-18-21)16-26(32-29)22-10-7-14-31-19-22;1-3-2/h4-19H,2H2,1,3H3;3H,1H2,2H3/b8-4-;. The van der Waals surface area contributed by atoms with Crippen LogP contribution in [0, 0.1) is 6.92 Å². The zero-order valence-electron chi connectivity index (χ0n) is 21.0. The summed E-state index contributed by atoms with van der Waals surface area (Å²) in [7, 11) is 0. The van der Waals surface area contributed by atoms with Crippen LogP contribution in [0.25, 0.3) is 51.3 Å². The highest BCUT2D eigenvalue weighted by atomic mass is 15.1. The number of fused-ring (bicyclic) bond motifs is 1. The fourth-order valence-corrected chi connectivity index (χ4v) is 4.23. The zero-order valence-corrected chi connectivity index (χ0v) is 21.0. The van der Waals surface area contributed by atoms with E-state index in [-0.39, 0.29) is 0 Å². The molecule has 178 valence electrons. The first-order chi connectivity index (χ1) is 17.6. The van der Waals surface area contributed by atoms with Gasteiger partial charge in [-0.05, 0) is 74.9 Å². The van der Waals surface area contributed by atoms with Crippen LogP contribution < -0.4 is 0 Å². The SMILES string of the molecule is C=CC.C=Cc1c(/C=C\C)n(-c2cc(-c3cccnc3)cc(-c3cccnc3)n2)c2ccc(C)cc12. The second-order valence-corrected chi connectivity index (χ2v) is 8.35. The zero-order chi connectivity index (χ0) is 25.5. The third-order valence-electron chi connectivity index (χ3n) is 5.72. The molecule has 4 aromatic heterocycles. The lowest BCUT2D eigenvalue weighted by Crippen LogP contribution is -2.02. The van der Waals surface area contributed by atoms with Crippen molar-refractivity contribution in [2.75, 3.05) is 0 Å². The Labute approximate surface area is 213 Å². The fourth-order valence-electron chi connectivity index (χ4n) is 4.23. The van der Waals surface area contributed by atoms with E-state index in [1.54, 1.807) is 18.5 Å². The first kappa shape index (κ1) is 24.6. The summed E-state index contributed by atoms with van der Waals surface area (Å²) in [6.45, 7) is 13.5. The first-order valence-electron chi connectivity index (χ1n) is 11.9. The van der Waals surface area contributed by atoms with Gasteiger partial charge in [0.2, 0.25) is 0 Å². The third kappa shape index (κ3) is 4.93. The fraction of sp³-hybridized carbons (Fsp3) is 0.0938.